The van der Waals surface area contributed by atoms with Gasteiger partial charge in [0.1, 0.15) is 6.04 Å². The molecule has 1 atom stereocenters. The van der Waals surface area contributed by atoms with Crippen molar-refractivity contribution in [3.63, 3.8) is 0 Å². The molecule has 1 aliphatic heterocycles. The number of aliphatic carboxylic acids is 1. The van der Waals surface area contributed by atoms with Crippen LogP contribution in [-0.4, -0.2) is 29.8 Å². The summed E-state index contributed by atoms with van der Waals surface area (Å²) in [5, 5.41) is 10.5. The Morgan fingerprint density at radius 1 is 1.04 bits per heavy atom. The summed E-state index contributed by atoms with van der Waals surface area (Å²) < 4.78 is 26.4. The van der Waals surface area contributed by atoms with Crippen molar-refractivity contribution in [3.05, 3.63) is 76.7 Å². The van der Waals surface area contributed by atoms with Gasteiger partial charge in [-0.2, -0.15) is 4.31 Å². The fourth-order valence-electron chi connectivity index (χ4n) is 2.78. The molecule has 1 N–H and O–H groups in total. The summed E-state index contributed by atoms with van der Waals surface area (Å²) >= 11 is 0. The average molecular weight is 343 g/mol. The molecule has 5 nitrogen and oxygen atoms in total. The predicted molar refractivity (Wildman–Crippen MR) is 91.5 cm³/mol. The Morgan fingerprint density at radius 3 is 2.33 bits per heavy atom. The maximum absolute atomic E-state index is 12.7. The van der Waals surface area contributed by atoms with Gasteiger partial charge in [-0.05, 0) is 22.8 Å². The second-order valence-corrected chi connectivity index (χ2v) is 7.40. The van der Waals surface area contributed by atoms with Crippen molar-refractivity contribution in [3.8, 4) is 0 Å². The van der Waals surface area contributed by atoms with Gasteiger partial charge in [0.25, 0.3) is 0 Å². The highest BCUT2D eigenvalue weighted by Crippen LogP contribution is 2.26. The van der Waals surface area contributed by atoms with Crippen molar-refractivity contribution in [2.45, 2.75) is 19.0 Å². The summed E-state index contributed by atoms with van der Waals surface area (Å²) in [5.41, 5.74) is 2.46. The van der Waals surface area contributed by atoms with Crippen LogP contribution in [0.3, 0.4) is 0 Å². The van der Waals surface area contributed by atoms with Gasteiger partial charge >= 0.3 is 5.97 Å². The van der Waals surface area contributed by atoms with Crippen LogP contribution in [0.25, 0.3) is 6.08 Å². The van der Waals surface area contributed by atoms with Crippen LogP contribution in [-0.2, 0) is 27.8 Å². The first-order valence-corrected chi connectivity index (χ1v) is 9.02. The number of benzene rings is 2. The van der Waals surface area contributed by atoms with Crippen LogP contribution in [0.2, 0.25) is 0 Å². The van der Waals surface area contributed by atoms with Crippen LogP contribution in [0.4, 0.5) is 0 Å². The number of carboxylic acids is 1. The highest BCUT2D eigenvalue weighted by atomic mass is 32.2. The highest BCUT2D eigenvalue weighted by Gasteiger charge is 2.37. The van der Waals surface area contributed by atoms with Gasteiger partial charge in [0.05, 0.1) is 0 Å². The van der Waals surface area contributed by atoms with E-state index >= 15 is 0 Å². The molecule has 2 aromatic rings. The minimum absolute atomic E-state index is 0.0641. The lowest BCUT2D eigenvalue weighted by atomic mass is 9.96. The molecule has 0 bridgehead atoms. The van der Waals surface area contributed by atoms with Gasteiger partial charge in [-0.25, -0.2) is 8.42 Å². The molecule has 0 amide bonds. The van der Waals surface area contributed by atoms with Crippen LogP contribution in [0.1, 0.15) is 16.7 Å². The maximum Gasteiger partial charge on any atom is 0.322 e. The van der Waals surface area contributed by atoms with Crippen molar-refractivity contribution in [2.75, 3.05) is 0 Å². The second kappa shape index (κ2) is 6.59. The van der Waals surface area contributed by atoms with Gasteiger partial charge in [-0.1, -0.05) is 54.6 Å². The van der Waals surface area contributed by atoms with Crippen molar-refractivity contribution in [2.24, 2.45) is 0 Å². The number of sulfonamides is 1. The molecule has 0 aromatic heterocycles. The highest BCUT2D eigenvalue weighted by molar-refractivity contribution is 7.92. The number of hydrogen-bond acceptors (Lipinski definition) is 3. The molecule has 0 aliphatic carbocycles. The fourth-order valence-corrected chi connectivity index (χ4v) is 4.11. The van der Waals surface area contributed by atoms with Crippen LogP contribution >= 0.6 is 0 Å². The molecule has 1 heterocycles. The Morgan fingerprint density at radius 2 is 1.67 bits per heavy atom. The monoisotopic (exact) mass is 343 g/mol. The largest absolute Gasteiger partial charge is 0.480 e. The Kier molecular flexibility index (Phi) is 4.51. The molecule has 0 unspecified atom stereocenters. The molecule has 0 spiro atoms. The lowest BCUT2D eigenvalue weighted by molar-refractivity contribution is -0.141. The number of carboxylic acid groups (broad SMARTS) is 1. The molecule has 0 radical (unpaired) electrons. The van der Waals surface area contributed by atoms with E-state index in [-0.39, 0.29) is 13.0 Å². The lowest BCUT2D eigenvalue weighted by Gasteiger charge is -2.32. The Hall–Kier alpha value is -2.44. The zero-order chi connectivity index (χ0) is 17.2. The quantitative estimate of drug-likeness (QED) is 0.925. The number of hydrogen-bond donors (Lipinski definition) is 1. The van der Waals surface area contributed by atoms with E-state index in [1.165, 1.54) is 6.08 Å². The minimum atomic E-state index is -3.85. The van der Waals surface area contributed by atoms with E-state index in [1.807, 2.05) is 42.5 Å². The predicted octanol–water partition coefficient (Wildman–Crippen LogP) is 2.50. The van der Waals surface area contributed by atoms with E-state index in [4.69, 9.17) is 0 Å². The third kappa shape index (κ3) is 3.39. The van der Waals surface area contributed by atoms with Crippen molar-refractivity contribution in [1.82, 2.24) is 4.31 Å². The van der Waals surface area contributed by atoms with Gasteiger partial charge in [-0.3, -0.25) is 4.79 Å². The molecular weight excluding hydrogens is 326 g/mol. The summed E-state index contributed by atoms with van der Waals surface area (Å²) in [6.45, 7) is 0.0641. The molecule has 124 valence electrons. The Labute approximate surface area is 140 Å². The van der Waals surface area contributed by atoms with Gasteiger partial charge in [-0.15, -0.1) is 0 Å². The Balaban J connectivity index is 1.93. The van der Waals surface area contributed by atoms with E-state index in [0.717, 1.165) is 26.4 Å². The molecule has 2 aromatic carbocycles. The summed E-state index contributed by atoms with van der Waals surface area (Å²) in [6, 6.07) is 15.3. The topological polar surface area (TPSA) is 74.7 Å². The van der Waals surface area contributed by atoms with E-state index in [1.54, 1.807) is 12.1 Å². The molecule has 24 heavy (non-hydrogen) atoms. The lowest BCUT2D eigenvalue weighted by Crippen LogP contribution is -2.47. The van der Waals surface area contributed by atoms with Gasteiger partial charge in [0.15, 0.2) is 0 Å². The normalized spacial score (nSPS) is 18.4. The number of fused-ring (bicyclic) bond motifs is 1. The first-order chi connectivity index (χ1) is 11.5. The smallest absolute Gasteiger partial charge is 0.322 e. The summed E-state index contributed by atoms with van der Waals surface area (Å²) in [6.07, 6.45) is 1.65. The van der Waals surface area contributed by atoms with E-state index in [2.05, 4.69) is 0 Å². The van der Waals surface area contributed by atoms with Crippen molar-refractivity contribution >= 4 is 22.1 Å². The van der Waals surface area contributed by atoms with Crippen LogP contribution in [0, 0.1) is 0 Å². The zero-order valence-corrected chi connectivity index (χ0v) is 13.7. The molecule has 0 saturated heterocycles. The summed E-state index contributed by atoms with van der Waals surface area (Å²) in [5.74, 6) is -1.14. The van der Waals surface area contributed by atoms with Crippen LogP contribution in [0.15, 0.2) is 60.0 Å². The first kappa shape index (κ1) is 16.4. The standard InChI is InChI=1S/C18H17NO4S/c20-18(21)17-12-15-8-4-5-9-16(15)13-19(17)24(22,23)11-10-14-6-2-1-3-7-14/h1-11,17H,12-13H2,(H,20,21)/t17-/m0/s1. The number of nitrogens with zero attached hydrogens (tertiary/aromatic N) is 1. The van der Waals surface area contributed by atoms with Crippen molar-refractivity contribution < 1.29 is 18.3 Å². The SMILES string of the molecule is O=C(O)[C@@H]1Cc2ccccc2CN1S(=O)(=O)C=Cc1ccccc1. The zero-order valence-electron chi connectivity index (χ0n) is 12.9. The molecular formula is C18H17NO4S. The molecule has 3 rings (SSSR count). The third-order valence-corrected chi connectivity index (χ3v) is 5.57. The molecule has 0 fully saturated rings. The minimum Gasteiger partial charge on any atom is -0.480 e. The number of rotatable bonds is 4. The van der Waals surface area contributed by atoms with E-state index < -0.39 is 22.0 Å². The first-order valence-electron chi connectivity index (χ1n) is 7.52. The molecule has 6 heteroatoms. The third-order valence-electron chi connectivity index (χ3n) is 4.05. The molecule has 0 saturated carbocycles. The van der Waals surface area contributed by atoms with Crippen molar-refractivity contribution in [1.29, 1.82) is 0 Å². The van der Waals surface area contributed by atoms with Gasteiger partial charge in [0, 0.05) is 18.4 Å². The molecule has 1 aliphatic rings. The van der Waals surface area contributed by atoms with Crippen LogP contribution in [0.5, 0.6) is 0 Å². The second-order valence-electron chi connectivity index (χ2n) is 5.63. The van der Waals surface area contributed by atoms with Crippen LogP contribution < -0.4 is 0 Å². The van der Waals surface area contributed by atoms with Gasteiger partial charge < -0.3 is 5.11 Å². The van der Waals surface area contributed by atoms with E-state index in [9.17, 15) is 18.3 Å². The summed E-state index contributed by atoms with van der Waals surface area (Å²) in [7, 11) is -3.85. The average Bonchev–Trinajstić information content (AvgIpc) is 2.60. The Bertz CT molecular complexity index is 875. The van der Waals surface area contributed by atoms with E-state index in [0.29, 0.717) is 0 Å². The summed E-state index contributed by atoms with van der Waals surface area (Å²) in [4.78, 5) is 11.6. The van der Waals surface area contributed by atoms with Gasteiger partial charge in [0.2, 0.25) is 10.0 Å². The fraction of sp³-hybridized carbons (Fsp3) is 0.167. The maximum atomic E-state index is 12.7. The number of carbonyl (C=O) groups is 1.